The van der Waals surface area contributed by atoms with E-state index >= 15 is 0 Å². The van der Waals surface area contributed by atoms with Crippen LogP contribution in [-0.4, -0.2) is 44.3 Å². The van der Waals surface area contributed by atoms with Gasteiger partial charge in [-0.3, -0.25) is 4.90 Å². The Morgan fingerprint density at radius 3 is 2.89 bits per heavy atom. The number of hydrogen-bond donors (Lipinski definition) is 1. The maximum atomic E-state index is 5.25. The summed E-state index contributed by atoms with van der Waals surface area (Å²) in [5, 5.41) is 3.59. The smallest absolute Gasteiger partial charge is 0.0589 e. The van der Waals surface area contributed by atoms with E-state index in [0.29, 0.717) is 6.04 Å². The van der Waals surface area contributed by atoms with Gasteiger partial charge in [-0.15, -0.1) is 11.3 Å². The Balaban J connectivity index is 1.93. The van der Waals surface area contributed by atoms with E-state index in [1.165, 1.54) is 34.7 Å². The molecule has 1 aromatic rings. The number of hydrogen-bond acceptors (Lipinski definition) is 4. The summed E-state index contributed by atoms with van der Waals surface area (Å²) in [6.07, 6.45) is 2.63. The van der Waals surface area contributed by atoms with E-state index in [0.717, 1.165) is 26.2 Å². The molecular formula is C15H26N2OS. The highest BCUT2D eigenvalue weighted by Crippen LogP contribution is 2.22. The molecule has 4 heteroatoms. The van der Waals surface area contributed by atoms with Gasteiger partial charge in [-0.25, -0.2) is 0 Å². The second kappa shape index (κ2) is 7.39. The summed E-state index contributed by atoms with van der Waals surface area (Å²) in [7, 11) is 1.78. The van der Waals surface area contributed by atoms with Crippen molar-refractivity contribution in [2.75, 3.05) is 33.4 Å². The highest BCUT2D eigenvalue weighted by Gasteiger charge is 2.18. The molecule has 2 rings (SSSR count). The third-order valence-corrected chi connectivity index (χ3v) is 4.80. The van der Waals surface area contributed by atoms with Crippen molar-refractivity contribution in [3.05, 3.63) is 21.4 Å². The molecule has 0 aliphatic carbocycles. The molecule has 1 aromatic heterocycles. The summed E-state index contributed by atoms with van der Waals surface area (Å²) < 4.78 is 5.25. The van der Waals surface area contributed by atoms with E-state index in [1.54, 1.807) is 7.11 Å². The highest BCUT2D eigenvalue weighted by atomic mass is 32.1. The first kappa shape index (κ1) is 15.0. The molecule has 1 atom stereocenters. The Hall–Kier alpha value is -0.420. The molecule has 0 amide bonds. The summed E-state index contributed by atoms with van der Waals surface area (Å²) in [6, 6.07) is 3.00. The van der Waals surface area contributed by atoms with Gasteiger partial charge in [0, 0.05) is 42.5 Å². The molecule has 0 saturated carbocycles. The summed E-state index contributed by atoms with van der Waals surface area (Å²) in [6.45, 7) is 9.63. The van der Waals surface area contributed by atoms with Crippen molar-refractivity contribution < 1.29 is 4.74 Å². The largest absolute Gasteiger partial charge is 0.383 e. The second-order valence-corrected chi connectivity index (χ2v) is 6.92. The Morgan fingerprint density at radius 1 is 1.47 bits per heavy atom. The van der Waals surface area contributed by atoms with Crippen molar-refractivity contribution in [2.24, 2.45) is 0 Å². The molecule has 1 saturated heterocycles. The van der Waals surface area contributed by atoms with Crippen LogP contribution in [0.3, 0.4) is 0 Å². The van der Waals surface area contributed by atoms with Crippen molar-refractivity contribution in [3.63, 3.8) is 0 Å². The molecule has 19 heavy (non-hydrogen) atoms. The maximum absolute atomic E-state index is 5.25. The number of nitrogens with one attached hydrogen (secondary N) is 1. The van der Waals surface area contributed by atoms with Crippen LogP contribution < -0.4 is 5.32 Å². The van der Waals surface area contributed by atoms with Crippen molar-refractivity contribution >= 4 is 11.3 Å². The first-order valence-electron chi connectivity index (χ1n) is 7.19. The normalized spacial score (nSPS) is 19.5. The van der Waals surface area contributed by atoms with Gasteiger partial charge in [0.25, 0.3) is 0 Å². The number of nitrogens with zero attached hydrogens (tertiary/aromatic N) is 1. The zero-order valence-corrected chi connectivity index (χ0v) is 13.2. The topological polar surface area (TPSA) is 24.5 Å². The van der Waals surface area contributed by atoms with Crippen LogP contribution in [0.5, 0.6) is 0 Å². The third kappa shape index (κ3) is 4.56. The Morgan fingerprint density at radius 2 is 2.32 bits per heavy atom. The molecule has 1 aliphatic rings. The van der Waals surface area contributed by atoms with Crippen LogP contribution in [0.1, 0.15) is 28.2 Å². The van der Waals surface area contributed by atoms with Crippen LogP contribution in [0.15, 0.2) is 6.07 Å². The zero-order valence-electron chi connectivity index (χ0n) is 12.4. The van der Waals surface area contributed by atoms with Gasteiger partial charge < -0.3 is 10.1 Å². The summed E-state index contributed by atoms with van der Waals surface area (Å²) in [4.78, 5) is 5.40. The monoisotopic (exact) mass is 282 g/mol. The predicted molar refractivity (Wildman–Crippen MR) is 82.0 cm³/mol. The van der Waals surface area contributed by atoms with Crippen LogP contribution in [0.4, 0.5) is 0 Å². The minimum absolute atomic E-state index is 0.664. The lowest BCUT2D eigenvalue weighted by Gasteiger charge is -2.25. The fourth-order valence-electron chi connectivity index (χ4n) is 2.76. The molecule has 1 aliphatic heterocycles. The first-order chi connectivity index (χ1) is 9.19. The fourth-order valence-corrected chi connectivity index (χ4v) is 3.70. The molecule has 0 spiro atoms. The Labute approximate surface area is 121 Å². The van der Waals surface area contributed by atoms with Crippen LogP contribution in [0.25, 0.3) is 0 Å². The zero-order chi connectivity index (χ0) is 13.7. The van der Waals surface area contributed by atoms with E-state index in [4.69, 9.17) is 4.74 Å². The fraction of sp³-hybridized carbons (Fsp3) is 0.733. The predicted octanol–water partition coefficient (Wildman–Crippen LogP) is 2.57. The SMILES string of the molecule is COCCN(Cc1cc(C)sc1C)CC1CCCN1. The van der Waals surface area contributed by atoms with E-state index in [-0.39, 0.29) is 0 Å². The molecule has 1 unspecified atom stereocenters. The highest BCUT2D eigenvalue weighted by molar-refractivity contribution is 7.12. The second-order valence-electron chi connectivity index (χ2n) is 5.46. The van der Waals surface area contributed by atoms with Gasteiger partial charge in [0.1, 0.15) is 0 Å². The molecule has 108 valence electrons. The summed E-state index contributed by atoms with van der Waals surface area (Å²) >= 11 is 1.90. The standard InChI is InChI=1S/C15H26N2OS/c1-12-9-14(13(2)19-12)10-17(7-8-18-3)11-15-5-4-6-16-15/h9,15-16H,4-8,10-11H2,1-3H3. The molecular weight excluding hydrogens is 256 g/mol. The van der Waals surface area contributed by atoms with Gasteiger partial charge in [0.15, 0.2) is 0 Å². The molecule has 2 heterocycles. The van der Waals surface area contributed by atoms with Crippen molar-refractivity contribution in [3.8, 4) is 0 Å². The van der Waals surface area contributed by atoms with Gasteiger partial charge in [0.2, 0.25) is 0 Å². The lowest BCUT2D eigenvalue weighted by atomic mass is 10.2. The number of rotatable bonds is 7. The van der Waals surface area contributed by atoms with E-state index in [9.17, 15) is 0 Å². The molecule has 0 aromatic carbocycles. The molecule has 3 nitrogen and oxygen atoms in total. The lowest BCUT2D eigenvalue weighted by Crippen LogP contribution is -2.38. The van der Waals surface area contributed by atoms with E-state index < -0.39 is 0 Å². The van der Waals surface area contributed by atoms with E-state index in [1.807, 2.05) is 11.3 Å². The van der Waals surface area contributed by atoms with Crippen LogP contribution in [-0.2, 0) is 11.3 Å². The van der Waals surface area contributed by atoms with Gasteiger partial charge in [-0.2, -0.15) is 0 Å². The van der Waals surface area contributed by atoms with Crippen molar-refractivity contribution in [1.82, 2.24) is 10.2 Å². The number of thiophene rings is 1. The quantitative estimate of drug-likeness (QED) is 0.832. The van der Waals surface area contributed by atoms with Gasteiger partial charge in [-0.1, -0.05) is 0 Å². The van der Waals surface area contributed by atoms with Crippen LogP contribution in [0.2, 0.25) is 0 Å². The summed E-state index contributed by atoms with van der Waals surface area (Å²) in [5.41, 5.74) is 1.48. The van der Waals surface area contributed by atoms with Crippen molar-refractivity contribution in [1.29, 1.82) is 0 Å². The first-order valence-corrected chi connectivity index (χ1v) is 8.01. The molecule has 1 fully saturated rings. The minimum atomic E-state index is 0.664. The van der Waals surface area contributed by atoms with Gasteiger partial charge >= 0.3 is 0 Å². The Kier molecular flexibility index (Phi) is 5.82. The number of ether oxygens (including phenoxy) is 1. The average Bonchev–Trinajstić information content (AvgIpc) is 2.97. The number of aryl methyl sites for hydroxylation is 2. The third-order valence-electron chi connectivity index (χ3n) is 3.79. The lowest BCUT2D eigenvalue weighted by molar-refractivity contribution is 0.138. The van der Waals surface area contributed by atoms with E-state index in [2.05, 4.69) is 30.1 Å². The van der Waals surface area contributed by atoms with Crippen LogP contribution >= 0.6 is 11.3 Å². The van der Waals surface area contributed by atoms with Gasteiger partial charge in [-0.05, 0) is 44.9 Å². The van der Waals surface area contributed by atoms with Crippen molar-refractivity contribution in [2.45, 2.75) is 39.3 Å². The molecule has 0 radical (unpaired) electrons. The van der Waals surface area contributed by atoms with Gasteiger partial charge in [0.05, 0.1) is 6.61 Å². The summed E-state index contributed by atoms with van der Waals surface area (Å²) in [5.74, 6) is 0. The Bertz CT molecular complexity index is 385. The maximum Gasteiger partial charge on any atom is 0.0589 e. The number of methoxy groups -OCH3 is 1. The molecule has 1 N–H and O–H groups in total. The minimum Gasteiger partial charge on any atom is -0.383 e. The average molecular weight is 282 g/mol. The molecule has 0 bridgehead atoms. The van der Waals surface area contributed by atoms with Crippen LogP contribution in [0, 0.1) is 13.8 Å².